The lowest BCUT2D eigenvalue weighted by Crippen LogP contribution is -2.28. The normalized spacial score (nSPS) is 20.1. The molecule has 1 aliphatic heterocycles. The van der Waals surface area contributed by atoms with Crippen LogP contribution in [0, 0.1) is 0 Å². The van der Waals surface area contributed by atoms with Gasteiger partial charge in [0.2, 0.25) is 11.7 Å². The lowest BCUT2D eigenvalue weighted by molar-refractivity contribution is 0.264. The molecule has 0 saturated carbocycles. The predicted molar refractivity (Wildman–Crippen MR) is 104 cm³/mol. The first-order valence-electron chi connectivity index (χ1n) is 8.30. The van der Waals surface area contributed by atoms with E-state index >= 15 is 0 Å². The zero-order valence-electron chi connectivity index (χ0n) is 14.1. The Hall–Kier alpha value is -1.92. The van der Waals surface area contributed by atoms with Gasteiger partial charge in [-0.05, 0) is 17.7 Å². The second-order valence-electron chi connectivity index (χ2n) is 6.40. The van der Waals surface area contributed by atoms with Crippen LogP contribution in [-0.2, 0) is 6.54 Å². The summed E-state index contributed by atoms with van der Waals surface area (Å²) in [5.41, 5.74) is 8.48. The van der Waals surface area contributed by atoms with Crippen molar-refractivity contribution in [2.75, 3.05) is 13.1 Å². The summed E-state index contributed by atoms with van der Waals surface area (Å²) in [5.74, 6) is 1.48. The highest BCUT2D eigenvalue weighted by molar-refractivity contribution is 6.30. The molecule has 26 heavy (non-hydrogen) atoms. The van der Waals surface area contributed by atoms with E-state index in [0.29, 0.717) is 29.2 Å². The molecule has 5 nitrogen and oxygen atoms in total. The Bertz CT molecular complexity index is 856. The molecular weight excluding hydrogens is 371 g/mol. The van der Waals surface area contributed by atoms with Crippen LogP contribution in [0.3, 0.4) is 0 Å². The van der Waals surface area contributed by atoms with E-state index in [2.05, 4.69) is 39.3 Å². The van der Waals surface area contributed by atoms with E-state index in [9.17, 15) is 0 Å². The van der Waals surface area contributed by atoms with Crippen LogP contribution in [-0.4, -0.2) is 34.2 Å². The van der Waals surface area contributed by atoms with Crippen LogP contribution >= 0.6 is 24.0 Å². The standard InChI is InChI=1S/C19H19ClN4O.ClH/c20-15-8-4-7-14(9-15)19-22-18(25-23-19)12-24-10-16(17(21)11-24)13-5-2-1-3-6-13;/h1-9,16-17H,10-12,21H2;1H/t16-,17+;/m0./s1. The summed E-state index contributed by atoms with van der Waals surface area (Å²) < 4.78 is 5.41. The van der Waals surface area contributed by atoms with Gasteiger partial charge in [0.05, 0.1) is 6.54 Å². The summed E-state index contributed by atoms with van der Waals surface area (Å²) in [5, 5.41) is 4.72. The molecule has 136 valence electrons. The van der Waals surface area contributed by atoms with Crippen LogP contribution in [0.25, 0.3) is 11.4 Å². The molecule has 0 bridgehead atoms. The maximum atomic E-state index is 6.34. The second-order valence-corrected chi connectivity index (χ2v) is 6.83. The summed E-state index contributed by atoms with van der Waals surface area (Å²) in [6.07, 6.45) is 0. The largest absolute Gasteiger partial charge is 0.338 e. The Balaban J connectivity index is 0.00000196. The summed E-state index contributed by atoms with van der Waals surface area (Å²) >= 11 is 6.02. The molecule has 1 aliphatic rings. The van der Waals surface area contributed by atoms with Crippen molar-refractivity contribution < 1.29 is 4.52 Å². The number of benzene rings is 2. The Morgan fingerprint density at radius 1 is 1.12 bits per heavy atom. The van der Waals surface area contributed by atoms with Gasteiger partial charge in [-0.3, -0.25) is 4.90 Å². The van der Waals surface area contributed by atoms with Crippen molar-refractivity contribution in [2.45, 2.75) is 18.5 Å². The number of nitrogens with zero attached hydrogens (tertiary/aromatic N) is 3. The van der Waals surface area contributed by atoms with Gasteiger partial charge < -0.3 is 10.3 Å². The third-order valence-corrected chi connectivity index (χ3v) is 4.81. The van der Waals surface area contributed by atoms with Crippen molar-refractivity contribution in [3.8, 4) is 11.4 Å². The number of rotatable bonds is 4. The minimum Gasteiger partial charge on any atom is -0.338 e. The highest BCUT2D eigenvalue weighted by atomic mass is 35.5. The molecule has 7 heteroatoms. The third-order valence-electron chi connectivity index (χ3n) is 4.58. The van der Waals surface area contributed by atoms with Crippen LogP contribution in [0.5, 0.6) is 0 Å². The van der Waals surface area contributed by atoms with Gasteiger partial charge in [0.1, 0.15) is 0 Å². The third kappa shape index (κ3) is 4.07. The van der Waals surface area contributed by atoms with E-state index in [4.69, 9.17) is 21.9 Å². The topological polar surface area (TPSA) is 68.2 Å². The van der Waals surface area contributed by atoms with Gasteiger partial charge in [-0.1, -0.05) is 59.2 Å². The highest BCUT2D eigenvalue weighted by Gasteiger charge is 2.32. The summed E-state index contributed by atoms with van der Waals surface area (Å²) in [6, 6.07) is 18.0. The zero-order chi connectivity index (χ0) is 17.2. The number of halogens is 2. The maximum Gasteiger partial charge on any atom is 0.241 e. The Labute approximate surface area is 163 Å². The van der Waals surface area contributed by atoms with Crippen molar-refractivity contribution in [1.29, 1.82) is 0 Å². The van der Waals surface area contributed by atoms with Gasteiger partial charge in [0, 0.05) is 35.6 Å². The first-order valence-corrected chi connectivity index (χ1v) is 8.68. The fraction of sp³-hybridized carbons (Fsp3) is 0.263. The molecule has 1 fully saturated rings. The van der Waals surface area contributed by atoms with Crippen molar-refractivity contribution in [3.63, 3.8) is 0 Å². The van der Waals surface area contributed by atoms with Crippen LogP contribution in [0.1, 0.15) is 17.4 Å². The average molecular weight is 391 g/mol. The van der Waals surface area contributed by atoms with Gasteiger partial charge >= 0.3 is 0 Å². The van der Waals surface area contributed by atoms with Crippen molar-refractivity contribution in [1.82, 2.24) is 15.0 Å². The molecule has 1 saturated heterocycles. The summed E-state index contributed by atoms with van der Waals surface area (Å²) in [6.45, 7) is 2.30. The van der Waals surface area contributed by atoms with Gasteiger partial charge in [0.25, 0.3) is 0 Å². The van der Waals surface area contributed by atoms with Crippen LogP contribution in [0.2, 0.25) is 5.02 Å². The minimum absolute atomic E-state index is 0. The molecule has 2 heterocycles. The van der Waals surface area contributed by atoms with Gasteiger partial charge in [-0.25, -0.2) is 0 Å². The second kappa shape index (κ2) is 8.18. The van der Waals surface area contributed by atoms with Gasteiger partial charge in [-0.2, -0.15) is 4.98 Å². The fourth-order valence-electron chi connectivity index (χ4n) is 3.35. The first kappa shape index (κ1) is 18.9. The number of aromatic nitrogens is 2. The fourth-order valence-corrected chi connectivity index (χ4v) is 3.54. The van der Waals surface area contributed by atoms with Crippen LogP contribution < -0.4 is 5.73 Å². The predicted octanol–water partition coefficient (Wildman–Crippen LogP) is 3.74. The van der Waals surface area contributed by atoms with Gasteiger partial charge in [0.15, 0.2) is 0 Å². The lowest BCUT2D eigenvalue weighted by atomic mass is 9.95. The molecule has 2 atom stereocenters. The van der Waals surface area contributed by atoms with E-state index in [-0.39, 0.29) is 18.4 Å². The average Bonchev–Trinajstić information content (AvgIpc) is 3.23. The summed E-state index contributed by atoms with van der Waals surface area (Å²) in [4.78, 5) is 6.75. The SMILES string of the molecule is Cl.N[C@@H]1CN(Cc2nc(-c3cccc(Cl)c3)no2)C[C@H]1c1ccccc1. The smallest absolute Gasteiger partial charge is 0.241 e. The minimum atomic E-state index is 0. The molecule has 4 rings (SSSR count). The van der Waals surface area contributed by atoms with E-state index in [1.54, 1.807) is 0 Å². The molecular formula is C19H20Cl2N4O. The number of hydrogen-bond acceptors (Lipinski definition) is 5. The van der Waals surface area contributed by atoms with E-state index in [1.807, 2.05) is 30.3 Å². The lowest BCUT2D eigenvalue weighted by Gasteiger charge is -2.14. The first-order chi connectivity index (χ1) is 12.2. The number of nitrogens with two attached hydrogens (primary N) is 1. The Morgan fingerprint density at radius 3 is 2.69 bits per heavy atom. The molecule has 0 spiro atoms. The molecule has 2 aromatic carbocycles. The van der Waals surface area contributed by atoms with E-state index in [1.165, 1.54) is 5.56 Å². The van der Waals surface area contributed by atoms with Crippen molar-refractivity contribution >= 4 is 24.0 Å². The van der Waals surface area contributed by atoms with Crippen molar-refractivity contribution in [3.05, 3.63) is 71.1 Å². The maximum absolute atomic E-state index is 6.34. The number of hydrogen-bond donors (Lipinski definition) is 1. The van der Waals surface area contributed by atoms with E-state index in [0.717, 1.165) is 18.7 Å². The quantitative estimate of drug-likeness (QED) is 0.734. The number of likely N-dealkylation sites (tertiary alicyclic amines) is 1. The monoisotopic (exact) mass is 390 g/mol. The van der Waals surface area contributed by atoms with Crippen LogP contribution in [0.15, 0.2) is 59.1 Å². The summed E-state index contributed by atoms with van der Waals surface area (Å²) in [7, 11) is 0. The zero-order valence-corrected chi connectivity index (χ0v) is 15.7. The van der Waals surface area contributed by atoms with Gasteiger partial charge in [-0.15, -0.1) is 12.4 Å². The molecule has 2 N–H and O–H groups in total. The highest BCUT2D eigenvalue weighted by Crippen LogP contribution is 2.27. The Morgan fingerprint density at radius 2 is 1.92 bits per heavy atom. The van der Waals surface area contributed by atoms with Crippen molar-refractivity contribution in [2.24, 2.45) is 5.73 Å². The molecule has 1 aromatic heterocycles. The Kier molecular flexibility index (Phi) is 5.94. The molecule has 0 aliphatic carbocycles. The van der Waals surface area contributed by atoms with Crippen LogP contribution in [0.4, 0.5) is 0 Å². The van der Waals surface area contributed by atoms with E-state index < -0.39 is 0 Å². The molecule has 0 unspecified atom stereocenters. The molecule has 3 aromatic rings. The molecule has 0 amide bonds. The molecule has 0 radical (unpaired) electrons.